The Morgan fingerprint density at radius 3 is 2.72 bits per heavy atom. The van der Waals surface area contributed by atoms with E-state index in [9.17, 15) is 9.59 Å². The lowest BCUT2D eigenvalue weighted by Crippen LogP contribution is -2.34. The molecule has 1 aromatic heterocycles. The van der Waals surface area contributed by atoms with Crippen LogP contribution in [0.5, 0.6) is 5.75 Å². The summed E-state index contributed by atoms with van der Waals surface area (Å²) >= 11 is 0. The van der Waals surface area contributed by atoms with Gasteiger partial charge in [0, 0.05) is 5.56 Å². The van der Waals surface area contributed by atoms with Gasteiger partial charge in [-0.05, 0) is 42.8 Å². The minimum atomic E-state index is -0.435. The van der Waals surface area contributed by atoms with Crippen molar-refractivity contribution in [2.24, 2.45) is 5.10 Å². The number of carbonyl (C=O) groups excluding carboxylic acids is 2. The zero-order valence-electron chi connectivity index (χ0n) is 14.0. The van der Waals surface area contributed by atoms with E-state index in [0.717, 1.165) is 18.6 Å². The van der Waals surface area contributed by atoms with E-state index in [1.807, 2.05) is 0 Å². The molecule has 0 saturated heterocycles. The number of benzene rings is 1. The monoisotopic (exact) mass is 343 g/mol. The molecule has 0 saturated carbocycles. The van der Waals surface area contributed by atoms with Crippen LogP contribution in [0.3, 0.4) is 0 Å². The van der Waals surface area contributed by atoms with E-state index in [4.69, 9.17) is 9.15 Å². The van der Waals surface area contributed by atoms with Crippen LogP contribution in [0.2, 0.25) is 0 Å². The van der Waals surface area contributed by atoms with Crippen LogP contribution in [0.1, 0.15) is 35.9 Å². The summed E-state index contributed by atoms with van der Waals surface area (Å²) in [5, 5.41) is 6.25. The Morgan fingerprint density at radius 1 is 1.24 bits per heavy atom. The van der Waals surface area contributed by atoms with Gasteiger partial charge in [-0.3, -0.25) is 9.59 Å². The van der Waals surface area contributed by atoms with E-state index in [1.54, 1.807) is 36.4 Å². The van der Waals surface area contributed by atoms with Gasteiger partial charge >= 0.3 is 0 Å². The zero-order valence-corrected chi connectivity index (χ0v) is 14.0. The van der Waals surface area contributed by atoms with Crippen molar-refractivity contribution in [3.63, 3.8) is 0 Å². The lowest BCUT2D eigenvalue weighted by atomic mass is 10.2. The van der Waals surface area contributed by atoms with Crippen molar-refractivity contribution < 1.29 is 18.7 Å². The second kappa shape index (κ2) is 9.92. The van der Waals surface area contributed by atoms with Crippen LogP contribution in [-0.4, -0.2) is 31.2 Å². The molecular formula is C18H21N3O4. The molecule has 0 aliphatic heterocycles. The van der Waals surface area contributed by atoms with Gasteiger partial charge in [-0.2, -0.15) is 5.10 Å². The number of amides is 2. The van der Waals surface area contributed by atoms with E-state index in [-0.39, 0.29) is 12.5 Å². The fourth-order valence-corrected chi connectivity index (χ4v) is 1.87. The van der Waals surface area contributed by atoms with Gasteiger partial charge in [-0.1, -0.05) is 13.3 Å². The molecule has 1 heterocycles. The first-order valence-electron chi connectivity index (χ1n) is 8.05. The van der Waals surface area contributed by atoms with Gasteiger partial charge < -0.3 is 14.5 Å². The van der Waals surface area contributed by atoms with Crippen LogP contribution in [0, 0.1) is 0 Å². The second-order valence-corrected chi connectivity index (χ2v) is 5.22. The van der Waals surface area contributed by atoms with Crippen molar-refractivity contribution >= 4 is 18.0 Å². The summed E-state index contributed by atoms with van der Waals surface area (Å²) in [4.78, 5) is 23.6. The summed E-state index contributed by atoms with van der Waals surface area (Å²) < 4.78 is 10.6. The first kappa shape index (κ1) is 18.3. The van der Waals surface area contributed by atoms with Crippen molar-refractivity contribution in [1.29, 1.82) is 0 Å². The predicted molar refractivity (Wildman–Crippen MR) is 93.6 cm³/mol. The predicted octanol–water partition coefficient (Wildman–Crippen LogP) is 2.34. The Bertz CT molecular complexity index is 694. The van der Waals surface area contributed by atoms with Crippen molar-refractivity contribution in [1.82, 2.24) is 10.7 Å². The Morgan fingerprint density at radius 2 is 2.04 bits per heavy atom. The molecule has 7 nitrogen and oxygen atoms in total. The van der Waals surface area contributed by atoms with Crippen LogP contribution >= 0.6 is 0 Å². The molecule has 2 aromatic rings. The molecule has 0 unspecified atom stereocenters. The van der Waals surface area contributed by atoms with Crippen molar-refractivity contribution in [3.05, 3.63) is 54.0 Å². The van der Waals surface area contributed by atoms with E-state index in [2.05, 4.69) is 22.8 Å². The number of hydrogen-bond acceptors (Lipinski definition) is 5. The van der Waals surface area contributed by atoms with E-state index in [0.29, 0.717) is 17.9 Å². The molecule has 1 aromatic carbocycles. The number of hydrogen-bond donors (Lipinski definition) is 2. The molecule has 132 valence electrons. The lowest BCUT2D eigenvalue weighted by molar-refractivity contribution is -0.120. The standard InChI is InChI=1S/C18H21N3O4/c1-2-3-10-24-15-8-6-14(7-9-15)18(23)19-13-17(22)21-20-12-16-5-4-11-25-16/h4-9,11-12H,2-3,10,13H2,1H3,(H,19,23)(H,21,22). The number of furan rings is 1. The number of ether oxygens (including phenoxy) is 1. The fraction of sp³-hybridized carbons (Fsp3) is 0.278. The van der Waals surface area contributed by atoms with Crippen LogP contribution in [0.4, 0.5) is 0 Å². The normalized spacial score (nSPS) is 10.6. The highest BCUT2D eigenvalue weighted by Gasteiger charge is 2.07. The van der Waals surface area contributed by atoms with Crippen LogP contribution < -0.4 is 15.5 Å². The smallest absolute Gasteiger partial charge is 0.259 e. The highest BCUT2D eigenvalue weighted by Crippen LogP contribution is 2.12. The molecule has 0 fully saturated rings. The Balaban J connectivity index is 1.72. The van der Waals surface area contributed by atoms with Gasteiger partial charge in [-0.15, -0.1) is 0 Å². The molecule has 0 aliphatic rings. The number of unbranched alkanes of at least 4 members (excludes halogenated alkanes) is 1. The number of nitrogens with zero attached hydrogens (tertiary/aromatic N) is 1. The quantitative estimate of drug-likeness (QED) is 0.415. The summed E-state index contributed by atoms with van der Waals surface area (Å²) in [6.45, 7) is 2.57. The summed E-state index contributed by atoms with van der Waals surface area (Å²) in [7, 11) is 0. The zero-order chi connectivity index (χ0) is 17.9. The molecule has 0 aliphatic carbocycles. The molecule has 25 heavy (non-hydrogen) atoms. The number of carbonyl (C=O) groups is 2. The SMILES string of the molecule is CCCCOc1ccc(C(=O)NCC(=O)NN=Cc2ccco2)cc1. The molecule has 2 amide bonds. The van der Waals surface area contributed by atoms with Gasteiger partial charge in [0.15, 0.2) is 0 Å². The Hall–Kier alpha value is -3.09. The minimum absolute atomic E-state index is 0.178. The first-order chi connectivity index (χ1) is 12.2. The maximum Gasteiger partial charge on any atom is 0.259 e. The first-order valence-corrected chi connectivity index (χ1v) is 8.05. The van der Waals surface area contributed by atoms with Crippen LogP contribution in [-0.2, 0) is 4.79 Å². The van der Waals surface area contributed by atoms with E-state index < -0.39 is 5.91 Å². The third-order valence-electron chi connectivity index (χ3n) is 3.22. The van der Waals surface area contributed by atoms with Crippen molar-refractivity contribution in [2.45, 2.75) is 19.8 Å². The topological polar surface area (TPSA) is 92.9 Å². The van der Waals surface area contributed by atoms with Gasteiger partial charge in [-0.25, -0.2) is 5.43 Å². The highest BCUT2D eigenvalue weighted by molar-refractivity contribution is 5.96. The molecular weight excluding hydrogens is 322 g/mol. The third-order valence-corrected chi connectivity index (χ3v) is 3.22. The molecule has 0 bridgehead atoms. The molecule has 7 heteroatoms. The number of nitrogens with one attached hydrogen (secondary N) is 2. The molecule has 2 rings (SSSR count). The second-order valence-electron chi connectivity index (χ2n) is 5.22. The average Bonchev–Trinajstić information content (AvgIpc) is 3.14. The van der Waals surface area contributed by atoms with Gasteiger partial charge in [0.1, 0.15) is 11.5 Å². The maximum absolute atomic E-state index is 12.0. The van der Waals surface area contributed by atoms with Gasteiger partial charge in [0.05, 0.1) is 25.6 Å². The van der Waals surface area contributed by atoms with Crippen LogP contribution in [0.25, 0.3) is 0 Å². The maximum atomic E-state index is 12.0. The number of hydrazone groups is 1. The number of rotatable bonds is 9. The summed E-state index contributed by atoms with van der Waals surface area (Å²) in [5.74, 6) is 0.460. The molecule has 0 spiro atoms. The molecule has 0 radical (unpaired) electrons. The van der Waals surface area contributed by atoms with E-state index in [1.165, 1.54) is 12.5 Å². The van der Waals surface area contributed by atoms with E-state index >= 15 is 0 Å². The van der Waals surface area contributed by atoms with Gasteiger partial charge in [0.25, 0.3) is 11.8 Å². The largest absolute Gasteiger partial charge is 0.494 e. The van der Waals surface area contributed by atoms with Gasteiger partial charge in [0.2, 0.25) is 0 Å². The third kappa shape index (κ3) is 6.50. The van der Waals surface area contributed by atoms with Crippen LogP contribution in [0.15, 0.2) is 52.2 Å². The van der Waals surface area contributed by atoms with Crippen molar-refractivity contribution in [3.8, 4) is 5.75 Å². The highest BCUT2D eigenvalue weighted by atomic mass is 16.5. The Kier molecular flexibility index (Phi) is 7.24. The summed E-state index contributed by atoms with van der Waals surface area (Å²) in [5.41, 5.74) is 2.75. The minimum Gasteiger partial charge on any atom is -0.494 e. The Labute approximate surface area is 146 Å². The molecule has 0 atom stereocenters. The summed E-state index contributed by atoms with van der Waals surface area (Å²) in [6, 6.07) is 10.2. The average molecular weight is 343 g/mol. The molecule has 2 N–H and O–H groups in total. The lowest BCUT2D eigenvalue weighted by Gasteiger charge is -2.07. The fourth-order valence-electron chi connectivity index (χ4n) is 1.87. The summed E-state index contributed by atoms with van der Waals surface area (Å²) in [6.07, 6.45) is 4.92. The van der Waals surface area contributed by atoms with Crippen molar-refractivity contribution in [2.75, 3.05) is 13.2 Å².